The molecule has 0 radical (unpaired) electrons. The van der Waals surface area contributed by atoms with Gasteiger partial charge in [-0.1, -0.05) is 25.4 Å². The molecule has 0 aromatic carbocycles. The molecular formula is C21H38IN5O. The van der Waals surface area contributed by atoms with Gasteiger partial charge in [-0.2, -0.15) is 0 Å². The van der Waals surface area contributed by atoms with Crippen molar-refractivity contribution in [2.24, 2.45) is 10.9 Å². The Kier molecular flexibility index (Phi) is 10.0. The van der Waals surface area contributed by atoms with Crippen LogP contribution in [0, 0.1) is 5.92 Å². The van der Waals surface area contributed by atoms with Gasteiger partial charge in [-0.15, -0.1) is 24.0 Å². The SMILES string of the molecule is CCC(CC)c1cc(CNC(=NC)N2CCC(CN3CCCCC3)C2)on1.I. The average Bonchev–Trinajstić information content (AvgIpc) is 3.35. The predicted molar refractivity (Wildman–Crippen MR) is 125 cm³/mol. The van der Waals surface area contributed by atoms with Crippen LogP contribution in [-0.2, 0) is 6.54 Å². The van der Waals surface area contributed by atoms with Crippen LogP contribution in [0.25, 0.3) is 0 Å². The van der Waals surface area contributed by atoms with Crippen molar-refractivity contribution in [3.05, 3.63) is 17.5 Å². The van der Waals surface area contributed by atoms with E-state index in [9.17, 15) is 0 Å². The van der Waals surface area contributed by atoms with Crippen LogP contribution >= 0.6 is 24.0 Å². The number of rotatable bonds is 7. The molecule has 0 spiro atoms. The molecule has 1 aromatic rings. The van der Waals surface area contributed by atoms with E-state index >= 15 is 0 Å². The summed E-state index contributed by atoms with van der Waals surface area (Å²) in [6.45, 7) is 11.1. The normalized spacial score (nSPS) is 21.2. The second-order valence-electron chi connectivity index (χ2n) is 8.09. The lowest BCUT2D eigenvalue weighted by atomic mass is 9.99. The third-order valence-electron chi connectivity index (χ3n) is 6.16. The summed E-state index contributed by atoms with van der Waals surface area (Å²) < 4.78 is 5.54. The van der Waals surface area contributed by atoms with E-state index in [1.54, 1.807) is 0 Å². The molecular weight excluding hydrogens is 465 g/mol. The first-order valence-corrected chi connectivity index (χ1v) is 10.9. The van der Waals surface area contributed by atoms with Crippen LogP contribution in [0.2, 0.25) is 0 Å². The van der Waals surface area contributed by atoms with Crippen molar-refractivity contribution in [2.75, 3.05) is 39.8 Å². The van der Waals surface area contributed by atoms with Gasteiger partial charge in [-0.3, -0.25) is 4.99 Å². The summed E-state index contributed by atoms with van der Waals surface area (Å²) in [6.07, 6.45) is 7.61. The van der Waals surface area contributed by atoms with Gasteiger partial charge in [0.1, 0.15) is 0 Å². The van der Waals surface area contributed by atoms with Crippen LogP contribution in [0.1, 0.15) is 69.7 Å². The fourth-order valence-electron chi connectivity index (χ4n) is 4.49. The van der Waals surface area contributed by atoms with Gasteiger partial charge in [0.2, 0.25) is 0 Å². The molecule has 1 N–H and O–H groups in total. The second kappa shape index (κ2) is 12.0. The molecule has 3 heterocycles. The van der Waals surface area contributed by atoms with Crippen LogP contribution in [-0.4, -0.2) is 60.7 Å². The number of hydrogen-bond acceptors (Lipinski definition) is 4. The Morgan fingerprint density at radius 3 is 2.68 bits per heavy atom. The van der Waals surface area contributed by atoms with E-state index in [2.05, 4.69) is 45.2 Å². The number of nitrogens with zero attached hydrogens (tertiary/aromatic N) is 4. The topological polar surface area (TPSA) is 56.9 Å². The number of aliphatic imine (C=N–C) groups is 1. The number of halogens is 1. The van der Waals surface area contributed by atoms with Gasteiger partial charge >= 0.3 is 0 Å². The van der Waals surface area contributed by atoms with Crippen molar-refractivity contribution in [1.29, 1.82) is 0 Å². The number of nitrogens with one attached hydrogen (secondary N) is 1. The molecule has 6 nitrogen and oxygen atoms in total. The number of guanidine groups is 1. The summed E-state index contributed by atoms with van der Waals surface area (Å²) in [6, 6.07) is 2.10. The van der Waals surface area contributed by atoms with Gasteiger partial charge in [-0.05, 0) is 51.1 Å². The molecule has 0 bridgehead atoms. The number of likely N-dealkylation sites (tertiary alicyclic amines) is 2. The van der Waals surface area contributed by atoms with Gasteiger partial charge in [0.15, 0.2) is 11.7 Å². The molecule has 7 heteroatoms. The van der Waals surface area contributed by atoms with Crippen molar-refractivity contribution in [3.8, 4) is 0 Å². The van der Waals surface area contributed by atoms with E-state index in [1.165, 1.54) is 45.3 Å². The van der Waals surface area contributed by atoms with Gasteiger partial charge in [0.05, 0.1) is 12.2 Å². The van der Waals surface area contributed by atoms with Crippen LogP contribution in [0.5, 0.6) is 0 Å². The van der Waals surface area contributed by atoms with Crippen LogP contribution in [0.4, 0.5) is 0 Å². The van der Waals surface area contributed by atoms with E-state index in [0.29, 0.717) is 12.5 Å². The summed E-state index contributed by atoms with van der Waals surface area (Å²) >= 11 is 0. The standard InChI is InChI=1S/C21H37N5O.HI/c1-4-18(5-2)20-13-19(27-24-20)14-23-21(22-3)26-12-9-17(16-26)15-25-10-7-6-8-11-25;/h13,17-18H,4-12,14-16H2,1-3H3,(H,22,23);1H. The molecule has 1 aromatic heterocycles. The Morgan fingerprint density at radius 1 is 1.25 bits per heavy atom. The van der Waals surface area contributed by atoms with Crippen LogP contribution < -0.4 is 5.32 Å². The smallest absolute Gasteiger partial charge is 0.194 e. The molecule has 0 saturated carbocycles. The van der Waals surface area contributed by atoms with Crippen molar-refractivity contribution >= 4 is 29.9 Å². The molecule has 28 heavy (non-hydrogen) atoms. The molecule has 1 unspecified atom stereocenters. The maximum absolute atomic E-state index is 5.54. The summed E-state index contributed by atoms with van der Waals surface area (Å²) in [4.78, 5) is 9.55. The first-order chi connectivity index (χ1) is 13.2. The van der Waals surface area contributed by atoms with E-state index in [1.807, 2.05) is 7.05 Å². The highest BCUT2D eigenvalue weighted by molar-refractivity contribution is 14.0. The quantitative estimate of drug-likeness (QED) is 0.345. The second-order valence-corrected chi connectivity index (χ2v) is 8.09. The van der Waals surface area contributed by atoms with Gasteiger partial charge in [0.25, 0.3) is 0 Å². The van der Waals surface area contributed by atoms with Crippen LogP contribution in [0.3, 0.4) is 0 Å². The minimum absolute atomic E-state index is 0. The Hall–Kier alpha value is -0.830. The Labute approximate surface area is 187 Å². The zero-order valence-electron chi connectivity index (χ0n) is 17.8. The van der Waals surface area contributed by atoms with Gasteiger partial charge in [0, 0.05) is 38.7 Å². The number of aromatic nitrogens is 1. The largest absolute Gasteiger partial charge is 0.359 e. The molecule has 2 fully saturated rings. The molecule has 2 aliphatic rings. The third-order valence-corrected chi connectivity index (χ3v) is 6.16. The zero-order chi connectivity index (χ0) is 19.1. The molecule has 0 amide bonds. The average molecular weight is 503 g/mol. The van der Waals surface area contributed by atoms with Crippen molar-refractivity contribution in [3.63, 3.8) is 0 Å². The van der Waals surface area contributed by atoms with Crippen molar-refractivity contribution in [1.82, 2.24) is 20.3 Å². The Balaban J connectivity index is 0.00000280. The predicted octanol–water partition coefficient (Wildman–Crippen LogP) is 4.08. The monoisotopic (exact) mass is 503 g/mol. The molecule has 160 valence electrons. The van der Waals surface area contributed by atoms with E-state index in [0.717, 1.165) is 49.3 Å². The maximum atomic E-state index is 5.54. The van der Waals surface area contributed by atoms with Gasteiger partial charge in [-0.25, -0.2) is 0 Å². The highest BCUT2D eigenvalue weighted by atomic mass is 127. The minimum atomic E-state index is 0. The van der Waals surface area contributed by atoms with E-state index < -0.39 is 0 Å². The first kappa shape index (κ1) is 23.4. The first-order valence-electron chi connectivity index (χ1n) is 10.9. The number of hydrogen-bond donors (Lipinski definition) is 1. The summed E-state index contributed by atoms with van der Waals surface area (Å²) in [5.74, 6) is 3.13. The Bertz CT molecular complexity index is 595. The third kappa shape index (κ3) is 6.34. The van der Waals surface area contributed by atoms with E-state index in [4.69, 9.17) is 4.52 Å². The lowest BCUT2D eigenvalue weighted by molar-refractivity contribution is 0.198. The number of piperidine rings is 1. The molecule has 0 aliphatic carbocycles. The lowest BCUT2D eigenvalue weighted by Gasteiger charge is -2.29. The summed E-state index contributed by atoms with van der Waals surface area (Å²) in [5, 5.41) is 7.73. The minimum Gasteiger partial charge on any atom is -0.359 e. The zero-order valence-corrected chi connectivity index (χ0v) is 20.2. The molecule has 2 aliphatic heterocycles. The summed E-state index contributed by atoms with van der Waals surface area (Å²) in [7, 11) is 1.87. The highest BCUT2D eigenvalue weighted by Crippen LogP contribution is 2.23. The summed E-state index contributed by atoms with van der Waals surface area (Å²) in [5.41, 5.74) is 1.08. The van der Waals surface area contributed by atoms with Crippen molar-refractivity contribution < 1.29 is 4.52 Å². The fraction of sp³-hybridized carbons (Fsp3) is 0.810. The molecule has 1 atom stereocenters. The van der Waals surface area contributed by atoms with Crippen molar-refractivity contribution in [2.45, 2.75) is 64.8 Å². The fourth-order valence-corrected chi connectivity index (χ4v) is 4.49. The van der Waals surface area contributed by atoms with Crippen LogP contribution in [0.15, 0.2) is 15.6 Å². The molecule has 3 rings (SSSR count). The van der Waals surface area contributed by atoms with E-state index in [-0.39, 0.29) is 24.0 Å². The lowest BCUT2D eigenvalue weighted by Crippen LogP contribution is -2.40. The molecule has 2 saturated heterocycles. The Morgan fingerprint density at radius 2 is 2.00 bits per heavy atom. The highest BCUT2D eigenvalue weighted by Gasteiger charge is 2.27. The maximum Gasteiger partial charge on any atom is 0.194 e. The van der Waals surface area contributed by atoms with Gasteiger partial charge < -0.3 is 19.6 Å².